The Morgan fingerprint density at radius 3 is 2.30 bits per heavy atom. The smallest absolute Gasteiger partial charge is 0.315 e. The first-order valence-corrected chi connectivity index (χ1v) is 9.52. The van der Waals surface area contributed by atoms with Gasteiger partial charge in [-0.3, -0.25) is 0 Å². The first-order valence-electron chi connectivity index (χ1n) is 7.62. The van der Waals surface area contributed by atoms with Crippen molar-refractivity contribution in [1.82, 2.24) is 10.6 Å². The van der Waals surface area contributed by atoms with E-state index in [4.69, 9.17) is 0 Å². The van der Waals surface area contributed by atoms with Gasteiger partial charge in [-0.15, -0.1) is 0 Å². The summed E-state index contributed by atoms with van der Waals surface area (Å²) in [6.07, 6.45) is 1.91. The fourth-order valence-electron chi connectivity index (χ4n) is 2.11. The van der Waals surface area contributed by atoms with Gasteiger partial charge in [0.2, 0.25) is 0 Å². The summed E-state index contributed by atoms with van der Waals surface area (Å²) in [5, 5.41) is 5.57. The Labute approximate surface area is 137 Å². The second-order valence-electron chi connectivity index (χ2n) is 5.98. The van der Waals surface area contributed by atoms with Crippen molar-refractivity contribution in [3.8, 4) is 0 Å². The zero-order valence-electron chi connectivity index (χ0n) is 14.2. The minimum Gasteiger partial charge on any atom is -0.335 e. The Bertz CT molecular complexity index is 661. The van der Waals surface area contributed by atoms with Crippen LogP contribution in [0, 0.1) is 11.7 Å². The molecule has 0 unspecified atom stereocenters. The molecule has 2 N–H and O–H groups in total. The predicted molar refractivity (Wildman–Crippen MR) is 88.5 cm³/mol. The predicted octanol–water partition coefficient (Wildman–Crippen LogP) is 3.02. The molecule has 0 saturated carbocycles. The molecule has 0 bridgehead atoms. The van der Waals surface area contributed by atoms with Crippen molar-refractivity contribution in [2.45, 2.75) is 51.1 Å². The van der Waals surface area contributed by atoms with E-state index in [2.05, 4.69) is 17.6 Å². The monoisotopic (exact) mass is 344 g/mol. The number of hydrogen-bond donors (Lipinski definition) is 2. The number of carbonyl (C=O) groups is 1. The average molecular weight is 344 g/mol. The zero-order chi connectivity index (χ0) is 17.8. The minimum absolute atomic E-state index is 0.0246. The maximum absolute atomic E-state index is 13.9. The first-order chi connectivity index (χ1) is 10.6. The normalized spacial score (nSPS) is 15.6. The van der Waals surface area contributed by atoms with E-state index in [1.807, 2.05) is 13.8 Å². The highest BCUT2D eigenvalue weighted by Crippen LogP contribution is 2.20. The number of nitrogens with one attached hydrogen (secondary N) is 2. The molecule has 23 heavy (non-hydrogen) atoms. The highest BCUT2D eigenvalue weighted by Gasteiger charge is 2.18. The quantitative estimate of drug-likeness (QED) is 0.833. The van der Waals surface area contributed by atoms with Crippen molar-refractivity contribution < 1.29 is 17.6 Å². The number of amides is 2. The van der Waals surface area contributed by atoms with Crippen molar-refractivity contribution in [2.24, 2.45) is 5.92 Å². The van der Waals surface area contributed by atoms with Gasteiger partial charge in [0.1, 0.15) is 10.7 Å². The van der Waals surface area contributed by atoms with Crippen LogP contribution in [-0.4, -0.2) is 26.7 Å². The number of carbonyl (C=O) groups excluding carboxylic acids is 1. The molecule has 0 saturated heterocycles. The van der Waals surface area contributed by atoms with Crippen molar-refractivity contribution >= 4 is 15.9 Å². The molecule has 2 amide bonds. The third kappa shape index (κ3) is 5.49. The summed E-state index contributed by atoms with van der Waals surface area (Å²) in [5.74, 6) is -0.463. The van der Waals surface area contributed by atoms with Crippen LogP contribution in [0.2, 0.25) is 0 Å². The fourth-order valence-corrected chi connectivity index (χ4v) is 2.84. The van der Waals surface area contributed by atoms with Crippen LogP contribution < -0.4 is 10.6 Å². The summed E-state index contributed by atoms with van der Waals surface area (Å²) in [5.41, 5.74) is 0.501. The molecule has 0 spiro atoms. The molecule has 5 nitrogen and oxygen atoms in total. The lowest BCUT2D eigenvalue weighted by Crippen LogP contribution is -2.44. The lowest BCUT2D eigenvalue weighted by Gasteiger charge is -2.22. The molecule has 1 aromatic rings. The minimum atomic E-state index is -3.60. The van der Waals surface area contributed by atoms with E-state index in [1.54, 1.807) is 6.92 Å². The summed E-state index contributed by atoms with van der Waals surface area (Å²) in [6, 6.07) is 3.11. The van der Waals surface area contributed by atoms with Crippen LogP contribution >= 0.6 is 0 Å². The number of halogens is 1. The van der Waals surface area contributed by atoms with Crippen LogP contribution in [0.25, 0.3) is 0 Å². The van der Waals surface area contributed by atoms with Crippen molar-refractivity contribution in [2.75, 3.05) is 6.26 Å². The van der Waals surface area contributed by atoms with Crippen LogP contribution in [0.3, 0.4) is 0 Å². The highest BCUT2D eigenvalue weighted by molar-refractivity contribution is 7.90. The average Bonchev–Trinajstić information content (AvgIpc) is 2.44. The highest BCUT2D eigenvalue weighted by atomic mass is 32.2. The summed E-state index contributed by atoms with van der Waals surface area (Å²) in [7, 11) is -3.60. The lowest BCUT2D eigenvalue weighted by atomic mass is 10.0. The van der Waals surface area contributed by atoms with Gasteiger partial charge in [0.15, 0.2) is 9.84 Å². The molecule has 130 valence electrons. The molecule has 3 atom stereocenters. The number of sulfone groups is 1. The van der Waals surface area contributed by atoms with Gasteiger partial charge in [-0.05, 0) is 37.5 Å². The van der Waals surface area contributed by atoms with Crippen LogP contribution in [0.5, 0.6) is 0 Å². The summed E-state index contributed by atoms with van der Waals surface area (Å²) < 4.78 is 36.7. The Hall–Kier alpha value is -1.63. The number of benzene rings is 1. The number of rotatable bonds is 6. The molecule has 7 heteroatoms. The molecular weight excluding hydrogens is 319 g/mol. The van der Waals surface area contributed by atoms with Crippen molar-refractivity contribution in [3.05, 3.63) is 29.6 Å². The first kappa shape index (κ1) is 19.4. The van der Waals surface area contributed by atoms with Gasteiger partial charge < -0.3 is 10.6 Å². The topological polar surface area (TPSA) is 75.3 Å². The van der Waals surface area contributed by atoms with Crippen LogP contribution in [0.4, 0.5) is 9.18 Å². The fraction of sp³-hybridized carbons (Fsp3) is 0.562. The second kappa shape index (κ2) is 7.77. The van der Waals surface area contributed by atoms with Crippen molar-refractivity contribution in [1.29, 1.82) is 0 Å². The largest absolute Gasteiger partial charge is 0.335 e. The van der Waals surface area contributed by atoms with E-state index in [-0.39, 0.29) is 17.0 Å². The van der Waals surface area contributed by atoms with E-state index in [0.717, 1.165) is 18.7 Å². The van der Waals surface area contributed by atoms with E-state index < -0.39 is 21.7 Å². The molecule has 0 aliphatic heterocycles. The third-order valence-corrected chi connectivity index (χ3v) is 5.19. The summed E-state index contributed by atoms with van der Waals surface area (Å²) in [6.45, 7) is 7.74. The Kier molecular flexibility index (Phi) is 6.56. The second-order valence-corrected chi connectivity index (χ2v) is 7.96. The molecule has 0 aliphatic carbocycles. The molecule has 0 heterocycles. The zero-order valence-corrected chi connectivity index (χ0v) is 15.0. The van der Waals surface area contributed by atoms with E-state index >= 15 is 0 Å². The molecular formula is C16H25FN2O3S. The standard InChI is InChI=1S/C16H25FN2O3S/c1-6-10(2)11(3)18-16(20)19-12(4)13-7-8-15(14(17)9-13)23(5,21)22/h7-12H,6H2,1-5H3,(H2,18,19,20)/t10-,11-,12+/m0/s1. The lowest BCUT2D eigenvalue weighted by molar-refractivity contribution is 0.230. The maximum Gasteiger partial charge on any atom is 0.315 e. The molecule has 0 aliphatic rings. The molecule has 1 aromatic carbocycles. The van der Waals surface area contributed by atoms with Gasteiger partial charge in [0.05, 0.1) is 6.04 Å². The van der Waals surface area contributed by atoms with E-state index in [9.17, 15) is 17.6 Å². The van der Waals surface area contributed by atoms with Gasteiger partial charge >= 0.3 is 6.03 Å². The molecule has 0 fully saturated rings. The van der Waals surface area contributed by atoms with E-state index in [1.165, 1.54) is 12.1 Å². The maximum atomic E-state index is 13.9. The Balaban J connectivity index is 2.77. The van der Waals surface area contributed by atoms with Gasteiger partial charge in [-0.25, -0.2) is 17.6 Å². The molecule has 1 rings (SSSR count). The summed E-state index contributed by atoms with van der Waals surface area (Å²) in [4.78, 5) is 11.6. The SMILES string of the molecule is CC[C@H](C)[C@H](C)NC(=O)N[C@H](C)c1ccc(S(C)(=O)=O)c(F)c1. The molecule has 0 radical (unpaired) electrons. The van der Waals surface area contributed by atoms with Gasteiger partial charge in [0, 0.05) is 12.3 Å². The Morgan fingerprint density at radius 1 is 1.22 bits per heavy atom. The Morgan fingerprint density at radius 2 is 1.83 bits per heavy atom. The van der Waals surface area contributed by atoms with Crippen molar-refractivity contribution in [3.63, 3.8) is 0 Å². The van der Waals surface area contributed by atoms with Gasteiger partial charge in [-0.1, -0.05) is 26.3 Å². The van der Waals surface area contributed by atoms with E-state index in [0.29, 0.717) is 11.5 Å². The summed E-state index contributed by atoms with van der Waals surface area (Å²) >= 11 is 0. The molecule has 0 aromatic heterocycles. The van der Waals surface area contributed by atoms with Crippen LogP contribution in [0.15, 0.2) is 23.1 Å². The number of hydrogen-bond acceptors (Lipinski definition) is 3. The third-order valence-electron chi connectivity index (χ3n) is 4.06. The van der Waals surface area contributed by atoms with Gasteiger partial charge in [0.25, 0.3) is 0 Å². The van der Waals surface area contributed by atoms with Crippen LogP contribution in [-0.2, 0) is 9.84 Å². The number of urea groups is 1. The van der Waals surface area contributed by atoms with Crippen LogP contribution in [0.1, 0.15) is 45.7 Å². The van der Waals surface area contributed by atoms with Gasteiger partial charge in [-0.2, -0.15) is 0 Å².